The van der Waals surface area contributed by atoms with Crippen molar-refractivity contribution in [2.45, 2.75) is 25.4 Å². The van der Waals surface area contributed by atoms with Crippen LogP contribution in [-0.2, 0) is 0 Å². The van der Waals surface area contributed by atoms with Crippen molar-refractivity contribution in [3.63, 3.8) is 0 Å². The zero-order valence-electron chi connectivity index (χ0n) is 19.3. The van der Waals surface area contributed by atoms with E-state index in [2.05, 4.69) is 25.6 Å². The van der Waals surface area contributed by atoms with E-state index in [9.17, 15) is 9.90 Å². The summed E-state index contributed by atoms with van der Waals surface area (Å²) >= 11 is 0. The van der Waals surface area contributed by atoms with Crippen LogP contribution in [0.1, 0.15) is 41.3 Å². The smallest absolute Gasteiger partial charge is 0.251 e. The largest absolute Gasteiger partial charge is 0.496 e. The minimum Gasteiger partial charge on any atom is -0.496 e. The molecule has 2 heterocycles. The van der Waals surface area contributed by atoms with E-state index in [0.717, 1.165) is 12.2 Å². The van der Waals surface area contributed by atoms with E-state index in [1.165, 1.54) is 32.7 Å². The van der Waals surface area contributed by atoms with E-state index in [1.54, 1.807) is 37.5 Å². The summed E-state index contributed by atoms with van der Waals surface area (Å²) in [5, 5.41) is 16.4. The van der Waals surface area contributed by atoms with Gasteiger partial charge in [0, 0.05) is 48.6 Å². The van der Waals surface area contributed by atoms with E-state index < -0.39 is 6.10 Å². The highest BCUT2D eigenvalue weighted by molar-refractivity contribution is 5.94. The Morgan fingerprint density at radius 3 is 2.71 bits per heavy atom. The van der Waals surface area contributed by atoms with Crippen LogP contribution in [0, 0.1) is 5.92 Å². The van der Waals surface area contributed by atoms with E-state index in [4.69, 9.17) is 9.47 Å². The van der Waals surface area contributed by atoms with Crippen molar-refractivity contribution < 1.29 is 19.4 Å². The molecule has 1 aromatic carbocycles. The Balaban J connectivity index is 1.38. The van der Waals surface area contributed by atoms with Crippen LogP contribution in [0.5, 0.6) is 11.6 Å². The summed E-state index contributed by atoms with van der Waals surface area (Å²) in [4.78, 5) is 24.8. The van der Waals surface area contributed by atoms with Crippen LogP contribution in [0.2, 0.25) is 0 Å². The highest BCUT2D eigenvalue weighted by atomic mass is 16.5. The SMILES string of the molecule is CNC(=O)c1ccc(C(O)CNc2cc(-c3ccc(OCC4CCC4)nc3)ncn2)c(OC)c1. The first-order valence-corrected chi connectivity index (χ1v) is 11.3. The van der Waals surface area contributed by atoms with Gasteiger partial charge in [-0.15, -0.1) is 0 Å². The van der Waals surface area contributed by atoms with Gasteiger partial charge < -0.3 is 25.2 Å². The molecule has 1 aliphatic rings. The molecule has 4 rings (SSSR count). The Morgan fingerprint density at radius 2 is 2.03 bits per heavy atom. The second-order valence-corrected chi connectivity index (χ2v) is 8.21. The molecule has 1 aliphatic carbocycles. The van der Waals surface area contributed by atoms with Gasteiger partial charge in [-0.05, 0) is 37.0 Å². The third-order valence-corrected chi connectivity index (χ3v) is 5.95. The number of amides is 1. The third-order valence-electron chi connectivity index (χ3n) is 5.95. The Hall–Kier alpha value is -3.72. The maximum Gasteiger partial charge on any atom is 0.251 e. The summed E-state index contributed by atoms with van der Waals surface area (Å²) in [7, 11) is 3.06. The molecule has 0 saturated heterocycles. The van der Waals surface area contributed by atoms with Crippen molar-refractivity contribution in [2.24, 2.45) is 5.92 Å². The summed E-state index contributed by atoms with van der Waals surface area (Å²) in [6.45, 7) is 0.911. The fraction of sp³-hybridized carbons (Fsp3) is 0.360. The summed E-state index contributed by atoms with van der Waals surface area (Å²) in [6, 6.07) is 10.5. The first-order valence-electron chi connectivity index (χ1n) is 11.3. The minimum atomic E-state index is -0.874. The van der Waals surface area contributed by atoms with Crippen molar-refractivity contribution in [1.82, 2.24) is 20.3 Å². The average molecular weight is 464 g/mol. The van der Waals surface area contributed by atoms with Crippen LogP contribution in [0.15, 0.2) is 48.9 Å². The number of pyridine rings is 1. The number of anilines is 1. The number of aliphatic hydroxyl groups excluding tert-OH is 1. The molecule has 3 aromatic rings. The fourth-order valence-corrected chi connectivity index (χ4v) is 3.67. The third kappa shape index (κ3) is 5.60. The number of nitrogens with one attached hydrogen (secondary N) is 2. The van der Waals surface area contributed by atoms with Gasteiger partial charge in [-0.2, -0.15) is 0 Å². The fourth-order valence-electron chi connectivity index (χ4n) is 3.67. The lowest BCUT2D eigenvalue weighted by atomic mass is 9.86. The summed E-state index contributed by atoms with van der Waals surface area (Å²) < 4.78 is 11.1. The zero-order valence-corrected chi connectivity index (χ0v) is 19.3. The highest BCUT2D eigenvalue weighted by Crippen LogP contribution is 2.28. The monoisotopic (exact) mass is 463 g/mol. The number of hydrogen-bond donors (Lipinski definition) is 3. The molecule has 1 amide bonds. The second kappa shape index (κ2) is 10.9. The van der Waals surface area contributed by atoms with Gasteiger partial charge in [0.05, 0.1) is 25.5 Å². The van der Waals surface area contributed by atoms with Gasteiger partial charge >= 0.3 is 0 Å². The van der Waals surface area contributed by atoms with Crippen molar-refractivity contribution >= 4 is 11.7 Å². The van der Waals surface area contributed by atoms with E-state index >= 15 is 0 Å². The van der Waals surface area contributed by atoms with Crippen LogP contribution < -0.4 is 20.1 Å². The van der Waals surface area contributed by atoms with E-state index in [0.29, 0.717) is 40.2 Å². The molecule has 1 fully saturated rings. The maximum absolute atomic E-state index is 11.8. The van der Waals surface area contributed by atoms with Gasteiger partial charge in [0.25, 0.3) is 5.91 Å². The standard InChI is InChI=1S/C25H29N5O4/c1-26-25(32)17-6-8-19(22(10-17)33-2)21(31)13-27-23-11-20(29-15-30-23)18-7-9-24(28-12-18)34-14-16-4-3-5-16/h6-12,15-16,21,31H,3-5,13-14H2,1-2H3,(H,26,32)(H,27,29,30). The predicted molar refractivity (Wildman–Crippen MR) is 128 cm³/mol. The molecule has 0 bridgehead atoms. The molecule has 1 atom stereocenters. The molecule has 0 radical (unpaired) electrons. The molecule has 2 aromatic heterocycles. The lowest BCUT2D eigenvalue weighted by Crippen LogP contribution is -2.19. The zero-order chi connectivity index (χ0) is 23.9. The van der Waals surface area contributed by atoms with Gasteiger partial charge in [0.2, 0.25) is 5.88 Å². The maximum atomic E-state index is 11.8. The van der Waals surface area contributed by atoms with Gasteiger partial charge in [0.15, 0.2) is 0 Å². The molecule has 34 heavy (non-hydrogen) atoms. The normalized spacial score (nSPS) is 14.1. The number of carbonyl (C=O) groups is 1. The molecule has 9 heteroatoms. The number of rotatable bonds is 10. The van der Waals surface area contributed by atoms with Gasteiger partial charge in [0.1, 0.15) is 17.9 Å². The van der Waals surface area contributed by atoms with Crippen molar-refractivity contribution in [3.8, 4) is 22.9 Å². The number of aromatic nitrogens is 3. The van der Waals surface area contributed by atoms with Gasteiger partial charge in [-0.3, -0.25) is 4.79 Å². The quantitative estimate of drug-likeness (QED) is 0.419. The number of nitrogens with zero attached hydrogens (tertiary/aromatic N) is 3. The number of methoxy groups -OCH3 is 1. The van der Waals surface area contributed by atoms with Crippen molar-refractivity contribution in [1.29, 1.82) is 0 Å². The molecule has 0 aliphatic heterocycles. The highest BCUT2D eigenvalue weighted by Gasteiger charge is 2.18. The first kappa shape index (κ1) is 23.4. The molecular formula is C25H29N5O4. The molecule has 3 N–H and O–H groups in total. The molecule has 0 spiro atoms. The summed E-state index contributed by atoms with van der Waals surface area (Å²) in [5.41, 5.74) is 2.57. The Labute approximate surface area is 198 Å². The number of hydrogen-bond acceptors (Lipinski definition) is 8. The summed E-state index contributed by atoms with van der Waals surface area (Å²) in [5.74, 6) is 2.04. The number of benzene rings is 1. The van der Waals surface area contributed by atoms with Crippen LogP contribution >= 0.6 is 0 Å². The summed E-state index contributed by atoms with van der Waals surface area (Å²) in [6.07, 6.45) is 6.08. The molecule has 178 valence electrons. The predicted octanol–water partition coefficient (Wildman–Crippen LogP) is 3.23. The second-order valence-electron chi connectivity index (χ2n) is 8.21. The molecule has 9 nitrogen and oxygen atoms in total. The van der Waals surface area contributed by atoms with E-state index in [1.807, 2.05) is 12.1 Å². The minimum absolute atomic E-state index is 0.193. The van der Waals surface area contributed by atoms with Crippen LogP contribution in [0.25, 0.3) is 11.3 Å². The topological polar surface area (TPSA) is 118 Å². The first-order chi connectivity index (χ1) is 16.6. The molecule has 1 unspecified atom stereocenters. The number of ether oxygens (including phenoxy) is 2. The van der Waals surface area contributed by atoms with Crippen molar-refractivity contribution in [3.05, 3.63) is 60.0 Å². The average Bonchev–Trinajstić information content (AvgIpc) is 2.86. The number of aliphatic hydroxyl groups is 1. The Kier molecular flexibility index (Phi) is 7.54. The molecule has 1 saturated carbocycles. The number of carbonyl (C=O) groups excluding carboxylic acids is 1. The van der Waals surface area contributed by atoms with Gasteiger partial charge in [-0.1, -0.05) is 12.5 Å². The lowest BCUT2D eigenvalue weighted by Gasteiger charge is -2.24. The molecular weight excluding hydrogens is 434 g/mol. The lowest BCUT2D eigenvalue weighted by molar-refractivity contribution is 0.0962. The van der Waals surface area contributed by atoms with Gasteiger partial charge in [-0.25, -0.2) is 15.0 Å². The van der Waals surface area contributed by atoms with Crippen LogP contribution in [0.4, 0.5) is 5.82 Å². The Bertz CT molecular complexity index is 1120. The Morgan fingerprint density at radius 1 is 1.18 bits per heavy atom. The van der Waals surface area contributed by atoms with E-state index in [-0.39, 0.29) is 12.5 Å². The van der Waals surface area contributed by atoms with Crippen molar-refractivity contribution in [2.75, 3.05) is 32.6 Å². The van der Waals surface area contributed by atoms with Crippen LogP contribution in [0.3, 0.4) is 0 Å². The van der Waals surface area contributed by atoms with Crippen LogP contribution in [-0.4, -0.2) is 53.3 Å².